The number of hydrogen-bond acceptors (Lipinski definition) is 4. The van der Waals surface area contributed by atoms with Crippen LogP contribution in [0.5, 0.6) is 0 Å². The summed E-state index contributed by atoms with van der Waals surface area (Å²) in [5.74, 6) is -0.354. The summed E-state index contributed by atoms with van der Waals surface area (Å²) >= 11 is 0. The van der Waals surface area contributed by atoms with Gasteiger partial charge in [0.15, 0.2) is 0 Å². The van der Waals surface area contributed by atoms with Gasteiger partial charge in [0.25, 0.3) is 5.69 Å². The van der Waals surface area contributed by atoms with Crippen molar-refractivity contribution in [3.8, 4) is 0 Å². The number of hydrogen-bond donors (Lipinski definition) is 4. The largest absolute Gasteiger partial charge is 0.351 e. The molecule has 2 amide bonds. The van der Waals surface area contributed by atoms with Crippen molar-refractivity contribution in [2.45, 2.75) is 0 Å². The van der Waals surface area contributed by atoms with Crippen LogP contribution in [0.1, 0.15) is 0 Å². The summed E-state index contributed by atoms with van der Waals surface area (Å²) in [6.45, 7) is 0. The van der Waals surface area contributed by atoms with E-state index in [1.165, 1.54) is 24.3 Å². The minimum atomic E-state index is -0.886. The minimum absolute atomic E-state index is 0.114. The predicted octanol–water partition coefficient (Wildman–Crippen LogP) is 0.610. The number of carbonyl (C=O) groups is 1. The van der Waals surface area contributed by atoms with Crippen LogP contribution in [0, 0.1) is 15.5 Å². The molecular formula is C8H9N5O3. The van der Waals surface area contributed by atoms with Crippen molar-refractivity contribution >= 4 is 23.4 Å². The summed E-state index contributed by atoms with van der Waals surface area (Å²) in [4.78, 5) is 20.3. The maximum absolute atomic E-state index is 10.5. The smallest absolute Gasteiger partial charge is 0.318 e. The Morgan fingerprint density at radius 2 is 2.19 bits per heavy atom. The van der Waals surface area contributed by atoms with Crippen LogP contribution >= 0.6 is 0 Å². The zero-order chi connectivity index (χ0) is 12.1. The molecule has 0 aliphatic rings. The van der Waals surface area contributed by atoms with E-state index in [1.54, 1.807) is 0 Å². The molecular weight excluding hydrogens is 214 g/mol. The van der Waals surface area contributed by atoms with E-state index in [0.717, 1.165) is 0 Å². The molecule has 0 bridgehead atoms. The van der Waals surface area contributed by atoms with Gasteiger partial charge in [0.2, 0.25) is 5.96 Å². The van der Waals surface area contributed by atoms with E-state index >= 15 is 0 Å². The molecule has 0 aromatic heterocycles. The highest BCUT2D eigenvalue weighted by Crippen LogP contribution is 2.16. The Balaban J connectivity index is 2.74. The average molecular weight is 223 g/mol. The third kappa shape index (κ3) is 3.25. The lowest BCUT2D eigenvalue weighted by molar-refractivity contribution is -0.384. The van der Waals surface area contributed by atoms with Gasteiger partial charge in [-0.2, -0.15) is 0 Å². The van der Waals surface area contributed by atoms with E-state index in [9.17, 15) is 14.9 Å². The number of rotatable bonds is 2. The molecule has 0 fully saturated rings. The molecule has 1 aromatic carbocycles. The third-order valence-electron chi connectivity index (χ3n) is 1.57. The van der Waals surface area contributed by atoms with Crippen molar-refractivity contribution in [2.24, 2.45) is 5.73 Å². The van der Waals surface area contributed by atoms with Gasteiger partial charge in [-0.25, -0.2) is 4.79 Å². The van der Waals surface area contributed by atoms with Gasteiger partial charge in [0.1, 0.15) is 0 Å². The maximum atomic E-state index is 10.5. The lowest BCUT2D eigenvalue weighted by Gasteiger charge is -2.06. The second-order valence-electron chi connectivity index (χ2n) is 2.80. The quantitative estimate of drug-likeness (QED) is 0.253. The van der Waals surface area contributed by atoms with Crippen molar-refractivity contribution < 1.29 is 9.72 Å². The fraction of sp³-hybridized carbons (Fsp3) is 0. The molecule has 1 rings (SSSR count). The molecule has 8 heteroatoms. The van der Waals surface area contributed by atoms with E-state index in [1.807, 2.05) is 5.32 Å². The van der Waals surface area contributed by atoms with Crippen LogP contribution in [0.3, 0.4) is 0 Å². The number of carbonyl (C=O) groups excluding carboxylic acids is 1. The van der Waals surface area contributed by atoms with Gasteiger partial charge < -0.3 is 11.1 Å². The van der Waals surface area contributed by atoms with Crippen LogP contribution in [0.2, 0.25) is 0 Å². The summed E-state index contributed by atoms with van der Waals surface area (Å²) in [5.41, 5.74) is 4.98. The summed E-state index contributed by atoms with van der Waals surface area (Å²) in [6.07, 6.45) is 0. The van der Waals surface area contributed by atoms with Crippen LogP contribution in [-0.4, -0.2) is 16.9 Å². The summed E-state index contributed by atoms with van der Waals surface area (Å²) in [7, 11) is 0. The van der Waals surface area contributed by atoms with Crippen LogP contribution in [-0.2, 0) is 0 Å². The number of guanidine groups is 1. The number of nitrogens with one attached hydrogen (secondary N) is 3. The highest BCUT2D eigenvalue weighted by molar-refractivity contribution is 6.01. The van der Waals surface area contributed by atoms with Gasteiger partial charge in [0.05, 0.1) is 4.92 Å². The zero-order valence-electron chi connectivity index (χ0n) is 8.06. The number of amides is 2. The number of nitrogens with zero attached hydrogens (tertiary/aromatic N) is 1. The van der Waals surface area contributed by atoms with E-state index < -0.39 is 11.0 Å². The summed E-state index contributed by atoms with van der Waals surface area (Å²) < 4.78 is 0. The normalized spacial score (nSPS) is 9.25. The van der Waals surface area contributed by atoms with Crippen LogP contribution in [0.15, 0.2) is 24.3 Å². The fourth-order valence-corrected chi connectivity index (χ4v) is 0.996. The van der Waals surface area contributed by atoms with Crippen molar-refractivity contribution in [1.29, 1.82) is 5.41 Å². The van der Waals surface area contributed by atoms with Gasteiger partial charge in [-0.15, -0.1) is 0 Å². The molecule has 5 N–H and O–H groups in total. The van der Waals surface area contributed by atoms with Gasteiger partial charge in [-0.05, 0) is 6.07 Å². The van der Waals surface area contributed by atoms with Gasteiger partial charge >= 0.3 is 6.03 Å². The van der Waals surface area contributed by atoms with Crippen LogP contribution in [0.4, 0.5) is 16.2 Å². The average Bonchev–Trinajstić information content (AvgIpc) is 2.16. The first-order chi connectivity index (χ1) is 7.49. The number of nitro groups is 1. The van der Waals surface area contributed by atoms with E-state index in [4.69, 9.17) is 11.1 Å². The van der Waals surface area contributed by atoms with E-state index in [-0.39, 0.29) is 11.6 Å². The molecule has 0 atom stereocenters. The van der Waals surface area contributed by atoms with Crippen molar-refractivity contribution in [2.75, 3.05) is 5.32 Å². The molecule has 0 radical (unpaired) electrons. The molecule has 0 unspecified atom stereocenters. The topological polar surface area (TPSA) is 134 Å². The Kier molecular flexibility index (Phi) is 3.38. The number of nitrogens with two attached hydrogens (primary N) is 1. The fourth-order valence-electron chi connectivity index (χ4n) is 0.996. The first-order valence-electron chi connectivity index (χ1n) is 4.15. The number of nitro benzene ring substituents is 1. The first kappa shape index (κ1) is 11.4. The number of anilines is 1. The number of primary amides is 1. The van der Waals surface area contributed by atoms with Crippen LogP contribution < -0.4 is 16.4 Å². The van der Waals surface area contributed by atoms with Gasteiger partial charge in [-0.1, -0.05) is 6.07 Å². The Morgan fingerprint density at radius 1 is 1.50 bits per heavy atom. The highest BCUT2D eigenvalue weighted by Gasteiger charge is 2.06. The molecule has 0 heterocycles. The lowest BCUT2D eigenvalue weighted by Crippen LogP contribution is -2.38. The molecule has 0 aliphatic carbocycles. The molecule has 0 aliphatic heterocycles. The lowest BCUT2D eigenvalue weighted by atomic mass is 10.3. The molecule has 8 nitrogen and oxygen atoms in total. The monoisotopic (exact) mass is 223 g/mol. The summed E-state index contributed by atoms with van der Waals surface area (Å²) in [5, 5.41) is 22.1. The third-order valence-corrected chi connectivity index (χ3v) is 1.57. The number of urea groups is 1. The minimum Gasteiger partial charge on any atom is -0.351 e. The molecule has 0 saturated carbocycles. The van der Waals surface area contributed by atoms with E-state index in [0.29, 0.717) is 5.69 Å². The number of benzene rings is 1. The Morgan fingerprint density at radius 3 is 2.75 bits per heavy atom. The SMILES string of the molecule is N=C(NC(N)=O)Nc1cccc([N+](=O)[O-])c1. The molecule has 1 aromatic rings. The first-order valence-corrected chi connectivity index (χ1v) is 4.15. The second kappa shape index (κ2) is 4.73. The standard InChI is InChI=1S/C8H9N5O3/c9-7(12-8(10)14)11-5-2-1-3-6(4-5)13(15)16/h1-4H,(H5,9,10,11,12,14). The van der Waals surface area contributed by atoms with Crippen molar-refractivity contribution in [3.05, 3.63) is 34.4 Å². The molecule has 0 saturated heterocycles. The Labute approximate surface area is 90.1 Å². The van der Waals surface area contributed by atoms with E-state index in [2.05, 4.69) is 5.32 Å². The van der Waals surface area contributed by atoms with Gasteiger partial charge in [0, 0.05) is 17.8 Å². The van der Waals surface area contributed by atoms with Crippen LogP contribution in [0.25, 0.3) is 0 Å². The molecule has 16 heavy (non-hydrogen) atoms. The Hall–Kier alpha value is -2.64. The van der Waals surface area contributed by atoms with Crippen molar-refractivity contribution in [3.63, 3.8) is 0 Å². The highest BCUT2D eigenvalue weighted by atomic mass is 16.6. The molecule has 0 spiro atoms. The molecule has 84 valence electrons. The zero-order valence-corrected chi connectivity index (χ0v) is 8.06. The second-order valence-corrected chi connectivity index (χ2v) is 2.80. The number of non-ortho nitro benzene ring substituents is 1. The Bertz CT molecular complexity index is 445. The van der Waals surface area contributed by atoms with Gasteiger partial charge in [-0.3, -0.25) is 20.8 Å². The van der Waals surface area contributed by atoms with Crippen molar-refractivity contribution in [1.82, 2.24) is 5.32 Å². The predicted molar refractivity (Wildman–Crippen MR) is 57.2 cm³/mol. The summed E-state index contributed by atoms with van der Waals surface area (Å²) in [6, 6.07) is 4.64. The maximum Gasteiger partial charge on any atom is 0.318 e.